The number of para-hydroxylation sites is 1. The number of rotatable bonds is 0. The SMILES string of the molecule is CC1(C)CC2(SCCCS2)c2ccccc2O1. The van der Waals surface area contributed by atoms with Crippen LogP contribution in [-0.4, -0.2) is 17.1 Å². The van der Waals surface area contributed by atoms with Crippen molar-refractivity contribution in [2.75, 3.05) is 11.5 Å². The van der Waals surface area contributed by atoms with E-state index in [0.717, 1.165) is 12.2 Å². The van der Waals surface area contributed by atoms with Crippen molar-refractivity contribution in [2.45, 2.75) is 36.4 Å². The largest absolute Gasteiger partial charge is 0.487 e. The molecule has 0 atom stereocenters. The van der Waals surface area contributed by atoms with Crippen LogP contribution >= 0.6 is 23.5 Å². The maximum atomic E-state index is 6.12. The van der Waals surface area contributed by atoms with Gasteiger partial charge < -0.3 is 4.74 Å². The van der Waals surface area contributed by atoms with Crippen molar-refractivity contribution in [2.24, 2.45) is 0 Å². The third kappa shape index (κ3) is 2.08. The Morgan fingerprint density at radius 1 is 1.12 bits per heavy atom. The highest BCUT2D eigenvalue weighted by Gasteiger charge is 2.46. The standard InChI is InChI=1S/C14H18OS2/c1-13(2)10-14(16-8-5-9-17-14)11-6-3-4-7-12(11)15-13/h3-4,6-7H,5,8-10H2,1-2H3. The maximum absolute atomic E-state index is 6.12. The molecule has 3 heteroatoms. The van der Waals surface area contributed by atoms with Crippen LogP contribution < -0.4 is 4.74 Å². The Kier molecular flexibility index (Phi) is 2.86. The van der Waals surface area contributed by atoms with E-state index < -0.39 is 0 Å². The summed E-state index contributed by atoms with van der Waals surface area (Å²) in [7, 11) is 0. The molecule has 92 valence electrons. The molecule has 17 heavy (non-hydrogen) atoms. The molecule has 1 nitrogen and oxygen atoms in total. The Morgan fingerprint density at radius 3 is 2.59 bits per heavy atom. The summed E-state index contributed by atoms with van der Waals surface area (Å²) >= 11 is 4.23. The first-order chi connectivity index (χ1) is 8.11. The van der Waals surface area contributed by atoms with E-state index in [2.05, 4.69) is 61.6 Å². The van der Waals surface area contributed by atoms with E-state index in [0.29, 0.717) is 0 Å². The van der Waals surface area contributed by atoms with E-state index in [9.17, 15) is 0 Å². The summed E-state index contributed by atoms with van der Waals surface area (Å²) in [6.07, 6.45) is 2.44. The van der Waals surface area contributed by atoms with Gasteiger partial charge in [0.15, 0.2) is 0 Å². The zero-order chi connectivity index (χ0) is 11.9. The first-order valence-corrected chi connectivity index (χ1v) is 8.15. The summed E-state index contributed by atoms with van der Waals surface area (Å²) in [6, 6.07) is 8.58. The fraction of sp³-hybridized carbons (Fsp3) is 0.571. The molecule has 0 bridgehead atoms. The highest BCUT2D eigenvalue weighted by atomic mass is 32.2. The van der Waals surface area contributed by atoms with E-state index in [1.807, 2.05) is 0 Å². The molecule has 1 aromatic rings. The molecule has 0 aliphatic carbocycles. The lowest BCUT2D eigenvalue weighted by Crippen LogP contribution is -2.42. The first kappa shape index (κ1) is 11.8. The van der Waals surface area contributed by atoms with Gasteiger partial charge in [-0.25, -0.2) is 0 Å². The molecule has 0 radical (unpaired) electrons. The minimum absolute atomic E-state index is 0.0499. The van der Waals surface area contributed by atoms with Crippen molar-refractivity contribution in [3.8, 4) is 5.75 Å². The van der Waals surface area contributed by atoms with Crippen LogP contribution in [-0.2, 0) is 4.08 Å². The van der Waals surface area contributed by atoms with Gasteiger partial charge in [-0.05, 0) is 37.8 Å². The lowest BCUT2D eigenvalue weighted by molar-refractivity contribution is 0.0789. The molecule has 1 fully saturated rings. The lowest BCUT2D eigenvalue weighted by Gasteiger charge is -2.46. The predicted molar refractivity (Wildman–Crippen MR) is 77.0 cm³/mol. The zero-order valence-corrected chi connectivity index (χ0v) is 12.0. The van der Waals surface area contributed by atoms with Gasteiger partial charge in [0.1, 0.15) is 11.4 Å². The molecule has 0 saturated carbocycles. The van der Waals surface area contributed by atoms with Crippen LogP contribution in [0.25, 0.3) is 0 Å². The fourth-order valence-corrected chi connectivity index (χ4v) is 6.49. The number of ether oxygens (including phenoxy) is 1. The fourth-order valence-electron chi connectivity index (χ4n) is 2.69. The van der Waals surface area contributed by atoms with Crippen LogP contribution in [0.4, 0.5) is 0 Å². The molecule has 0 N–H and O–H groups in total. The topological polar surface area (TPSA) is 9.23 Å². The van der Waals surface area contributed by atoms with Gasteiger partial charge in [0.2, 0.25) is 0 Å². The van der Waals surface area contributed by atoms with Crippen molar-refractivity contribution in [1.29, 1.82) is 0 Å². The molecule has 0 unspecified atom stereocenters. The number of thioether (sulfide) groups is 2. The van der Waals surface area contributed by atoms with Crippen molar-refractivity contribution in [3.05, 3.63) is 29.8 Å². The summed E-state index contributed by atoms with van der Waals surface area (Å²) in [6.45, 7) is 4.42. The smallest absolute Gasteiger partial charge is 0.125 e. The van der Waals surface area contributed by atoms with E-state index >= 15 is 0 Å². The summed E-state index contributed by atoms with van der Waals surface area (Å²) in [4.78, 5) is 0. The third-order valence-corrected chi connectivity index (χ3v) is 6.66. The predicted octanol–water partition coefficient (Wildman–Crippen LogP) is 4.27. The molecule has 1 aromatic carbocycles. The Balaban J connectivity index is 2.08. The van der Waals surface area contributed by atoms with Crippen LogP contribution in [0.5, 0.6) is 5.75 Å². The monoisotopic (exact) mass is 266 g/mol. The summed E-state index contributed by atoms with van der Waals surface area (Å²) < 4.78 is 6.35. The highest BCUT2D eigenvalue weighted by molar-refractivity contribution is 8.18. The second-order valence-electron chi connectivity index (χ2n) is 5.34. The number of hydrogen-bond donors (Lipinski definition) is 0. The van der Waals surface area contributed by atoms with Gasteiger partial charge >= 0.3 is 0 Å². The average Bonchev–Trinajstić information content (AvgIpc) is 2.28. The van der Waals surface area contributed by atoms with E-state index in [-0.39, 0.29) is 9.68 Å². The Labute approximate surface area is 112 Å². The summed E-state index contributed by atoms with van der Waals surface area (Å²) in [5.41, 5.74) is 1.35. The number of hydrogen-bond acceptors (Lipinski definition) is 3. The first-order valence-electron chi connectivity index (χ1n) is 6.18. The van der Waals surface area contributed by atoms with Gasteiger partial charge in [0.25, 0.3) is 0 Å². The van der Waals surface area contributed by atoms with Crippen molar-refractivity contribution < 1.29 is 4.74 Å². The Bertz CT molecular complexity index is 422. The molecule has 0 aromatic heterocycles. The normalized spacial score (nSPS) is 25.1. The van der Waals surface area contributed by atoms with Gasteiger partial charge in [-0.1, -0.05) is 18.2 Å². The van der Waals surface area contributed by atoms with Crippen LogP contribution in [0.1, 0.15) is 32.3 Å². The van der Waals surface area contributed by atoms with Gasteiger partial charge in [0.05, 0.1) is 4.08 Å². The Hall–Kier alpha value is -0.280. The molecule has 1 saturated heterocycles. The third-order valence-electron chi connectivity index (χ3n) is 3.30. The van der Waals surface area contributed by atoms with Crippen LogP contribution in [0.2, 0.25) is 0 Å². The number of benzene rings is 1. The molecule has 2 aliphatic heterocycles. The molecular formula is C14H18OS2. The van der Waals surface area contributed by atoms with Crippen molar-refractivity contribution >= 4 is 23.5 Å². The molecular weight excluding hydrogens is 248 g/mol. The van der Waals surface area contributed by atoms with Gasteiger partial charge in [-0.15, -0.1) is 23.5 Å². The summed E-state index contributed by atoms with van der Waals surface area (Å²) in [5, 5.41) is 0. The average molecular weight is 266 g/mol. The quantitative estimate of drug-likeness (QED) is 0.694. The lowest BCUT2D eigenvalue weighted by atomic mass is 9.93. The van der Waals surface area contributed by atoms with Crippen molar-refractivity contribution in [1.82, 2.24) is 0 Å². The second kappa shape index (κ2) is 4.13. The van der Waals surface area contributed by atoms with E-state index in [1.54, 1.807) is 0 Å². The summed E-state index contributed by atoms with van der Waals surface area (Å²) in [5.74, 6) is 3.64. The zero-order valence-electron chi connectivity index (χ0n) is 10.4. The molecule has 0 amide bonds. The number of fused-ring (bicyclic) bond motifs is 2. The maximum Gasteiger partial charge on any atom is 0.125 e. The Morgan fingerprint density at radius 2 is 1.82 bits per heavy atom. The second-order valence-corrected chi connectivity index (χ2v) is 8.38. The van der Waals surface area contributed by atoms with E-state index in [4.69, 9.17) is 4.74 Å². The van der Waals surface area contributed by atoms with Crippen LogP contribution in [0, 0.1) is 0 Å². The van der Waals surface area contributed by atoms with Crippen LogP contribution in [0.3, 0.4) is 0 Å². The van der Waals surface area contributed by atoms with Gasteiger partial charge in [-0.3, -0.25) is 0 Å². The highest BCUT2D eigenvalue weighted by Crippen LogP contribution is 2.59. The van der Waals surface area contributed by atoms with Gasteiger partial charge in [-0.2, -0.15) is 0 Å². The molecule has 1 spiro atoms. The van der Waals surface area contributed by atoms with Crippen molar-refractivity contribution in [3.63, 3.8) is 0 Å². The minimum Gasteiger partial charge on any atom is -0.487 e. The molecule has 2 aliphatic rings. The minimum atomic E-state index is -0.0499. The van der Waals surface area contributed by atoms with E-state index in [1.165, 1.54) is 23.5 Å². The molecule has 2 heterocycles. The molecule has 3 rings (SSSR count). The van der Waals surface area contributed by atoms with Gasteiger partial charge in [0, 0.05) is 12.0 Å². The van der Waals surface area contributed by atoms with Crippen LogP contribution in [0.15, 0.2) is 24.3 Å².